The molecular weight excluding hydrogens is 350 g/mol. The van der Waals surface area contributed by atoms with E-state index in [4.69, 9.17) is 14.6 Å². The first-order chi connectivity index (χ1) is 13.0. The van der Waals surface area contributed by atoms with Gasteiger partial charge in [-0.25, -0.2) is 4.79 Å². The van der Waals surface area contributed by atoms with Crippen LogP contribution in [0.15, 0.2) is 18.2 Å². The number of hydrogen-bond acceptors (Lipinski definition) is 5. The van der Waals surface area contributed by atoms with Gasteiger partial charge in [0.05, 0.1) is 26.5 Å². The molecule has 1 aromatic carbocycles. The predicted octanol–water partition coefficient (Wildman–Crippen LogP) is 2.15. The van der Waals surface area contributed by atoms with Crippen molar-refractivity contribution in [3.8, 4) is 11.5 Å². The summed E-state index contributed by atoms with van der Waals surface area (Å²) in [5.74, 6) is 1.02. The molecule has 0 aromatic heterocycles. The number of carbonyl (C=O) groups excluding carboxylic acids is 1. The number of nitrogens with zero attached hydrogens (tertiary/aromatic N) is 1. The van der Waals surface area contributed by atoms with Gasteiger partial charge < -0.3 is 25.2 Å². The minimum Gasteiger partial charge on any atom is -0.497 e. The highest BCUT2D eigenvalue weighted by atomic mass is 16.5. The Morgan fingerprint density at radius 1 is 1.22 bits per heavy atom. The van der Waals surface area contributed by atoms with E-state index in [1.54, 1.807) is 32.4 Å². The molecule has 3 N–H and O–H groups in total. The van der Waals surface area contributed by atoms with Gasteiger partial charge in [0.25, 0.3) is 0 Å². The second-order valence-corrected chi connectivity index (χ2v) is 7.25. The summed E-state index contributed by atoms with van der Waals surface area (Å²) in [4.78, 5) is 25.4. The molecule has 8 nitrogen and oxygen atoms in total. The molecule has 148 valence electrons. The van der Waals surface area contributed by atoms with Crippen LogP contribution in [0.5, 0.6) is 11.5 Å². The van der Waals surface area contributed by atoms with Gasteiger partial charge in [0, 0.05) is 24.7 Å². The van der Waals surface area contributed by atoms with Crippen LogP contribution in [0.2, 0.25) is 0 Å². The highest BCUT2D eigenvalue weighted by Crippen LogP contribution is 2.34. The lowest BCUT2D eigenvalue weighted by atomic mass is 9.85. The molecule has 0 heterocycles. The Morgan fingerprint density at radius 2 is 1.96 bits per heavy atom. The summed E-state index contributed by atoms with van der Waals surface area (Å²) in [5, 5.41) is 14.8. The van der Waals surface area contributed by atoms with Crippen LogP contribution in [-0.2, 0) is 4.79 Å². The zero-order chi connectivity index (χ0) is 19.4. The average molecular weight is 377 g/mol. The molecule has 2 saturated carbocycles. The van der Waals surface area contributed by atoms with E-state index in [0.29, 0.717) is 23.1 Å². The molecule has 0 unspecified atom stereocenters. The number of nitrogens with one attached hydrogen (secondary N) is 2. The van der Waals surface area contributed by atoms with E-state index in [2.05, 4.69) is 10.6 Å². The SMILES string of the molecule is COc1ccc(OC)c(NC(=O)NC2CC(N(CC(=O)O)CC3CC3)C2)c1. The van der Waals surface area contributed by atoms with Crippen molar-refractivity contribution in [3.05, 3.63) is 18.2 Å². The molecular formula is C19H27N3O5. The summed E-state index contributed by atoms with van der Waals surface area (Å²) in [7, 11) is 3.10. The van der Waals surface area contributed by atoms with Crippen molar-refractivity contribution in [2.75, 3.05) is 32.6 Å². The van der Waals surface area contributed by atoms with E-state index in [9.17, 15) is 9.59 Å². The van der Waals surface area contributed by atoms with Crippen LogP contribution in [-0.4, -0.2) is 61.4 Å². The summed E-state index contributed by atoms with van der Waals surface area (Å²) < 4.78 is 10.4. The van der Waals surface area contributed by atoms with Crippen molar-refractivity contribution in [1.82, 2.24) is 10.2 Å². The zero-order valence-electron chi connectivity index (χ0n) is 15.7. The van der Waals surface area contributed by atoms with Gasteiger partial charge in [-0.05, 0) is 43.7 Å². The number of urea groups is 1. The molecule has 0 bridgehead atoms. The number of anilines is 1. The average Bonchev–Trinajstić information content (AvgIpc) is 3.40. The Kier molecular flexibility index (Phi) is 6.05. The third-order valence-corrected chi connectivity index (χ3v) is 5.15. The van der Waals surface area contributed by atoms with E-state index in [0.717, 1.165) is 19.4 Å². The van der Waals surface area contributed by atoms with Crippen LogP contribution >= 0.6 is 0 Å². The third kappa shape index (κ3) is 5.26. The normalized spacial score (nSPS) is 21.3. The maximum Gasteiger partial charge on any atom is 0.319 e. The second-order valence-electron chi connectivity index (χ2n) is 7.25. The predicted molar refractivity (Wildman–Crippen MR) is 100 cm³/mol. The molecule has 0 atom stereocenters. The lowest BCUT2D eigenvalue weighted by Crippen LogP contribution is -2.55. The summed E-state index contributed by atoms with van der Waals surface area (Å²) in [6.07, 6.45) is 3.91. The summed E-state index contributed by atoms with van der Waals surface area (Å²) in [6, 6.07) is 5.15. The number of benzene rings is 1. The first-order valence-electron chi connectivity index (χ1n) is 9.24. The van der Waals surface area contributed by atoms with Crippen molar-refractivity contribution in [2.45, 2.75) is 37.8 Å². The molecule has 0 radical (unpaired) electrons. The second kappa shape index (κ2) is 8.47. The highest BCUT2D eigenvalue weighted by molar-refractivity contribution is 5.91. The van der Waals surface area contributed by atoms with Crippen LogP contribution in [0.1, 0.15) is 25.7 Å². The van der Waals surface area contributed by atoms with Crippen LogP contribution in [0.25, 0.3) is 0 Å². The van der Waals surface area contributed by atoms with Crippen molar-refractivity contribution in [3.63, 3.8) is 0 Å². The first-order valence-corrected chi connectivity index (χ1v) is 9.24. The van der Waals surface area contributed by atoms with Crippen molar-refractivity contribution >= 4 is 17.7 Å². The standard InChI is InChI=1S/C19H27N3O5/c1-26-15-5-6-17(27-2)16(9-15)21-19(25)20-13-7-14(8-13)22(11-18(23)24)10-12-3-4-12/h5-6,9,12-14H,3-4,7-8,10-11H2,1-2H3,(H,23,24)(H2,20,21,25). The zero-order valence-corrected chi connectivity index (χ0v) is 15.7. The van der Waals surface area contributed by atoms with Gasteiger partial charge in [-0.15, -0.1) is 0 Å². The quantitative estimate of drug-likeness (QED) is 0.610. The van der Waals surface area contributed by atoms with E-state index >= 15 is 0 Å². The van der Waals surface area contributed by atoms with Gasteiger partial charge >= 0.3 is 12.0 Å². The number of carbonyl (C=O) groups is 2. The van der Waals surface area contributed by atoms with E-state index in [-0.39, 0.29) is 24.7 Å². The molecule has 27 heavy (non-hydrogen) atoms. The first kappa shape index (κ1) is 19.3. The Morgan fingerprint density at radius 3 is 2.56 bits per heavy atom. The maximum atomic E-state index is 12.3. The van der Waals surface area contributed by atoms with Gasteiger partial charge in [-0.3, -0.25) is 9.69 Å². The molecule has 0 saturated heterocycles. The lowest BCUT2D eigenvalue weighted by Gasteiger charge is -2.42. The Hall–Kier alpha value is -2.48. The van der Waals surface area contributed by atoms with Gasteiger partial charge in [-0.1, -0.05) is 0 Å². The minimum absolute atomic E-state index is 0.0436. The number of carboxylic acids is 1. The van der Waals surface area contributed by atoms with E-state index < -0.39 is 5.97 Å². The summed E-state index contributed by atoms with van der Waals surface area (Å²) in [6.45, 7) is 0.915. The van der Waals surface area contributed by atoms with E-state index in [1.165, 1.54) is 12.8 Å². The Labute approximate surface area is 158 Å². The van der Waals surface area contributed by atoms with E-state index in [1.807, 2.05) is 4.90 Å². The number of aliphatic carboxylic acids is 1. The number of carboxylic acid groups (broad SMARTS) is 1. The fourth-order valence-electron chi connectivity index (χ4n) is 3.41. The topological polar surface area (TPSA) is 100 Å². The van der Waals surface area contributed by atoms with Gasteiger partial charge in [0.2, 0.25) is 0 Å². The maximum absolute atomic E-state index is 12.3. The molecule has 2 aliphatic carbocycles. The molecule has 2 fully saturated rings. The molecule has 1 aromatic rings. The smallest absolute Gasteiger partial charge is 0.319 e. The summed E-state index contributed by atoms with van der Waals surface area (Å²) in [5.41, 5.74) is 0.534. The third-order valence-electron chi connectivity index (χ3n) is 5.15. The van der Waals surface area contributed by atoms with Gasteiger partial charge in [0.15, 0.2) is 0 Å². The molecule has 2 aliphatic rings. The number of methoxy groups -OCH3 is 2. The van der Waals surface area contributed by atoms with Crippen molar-refractivity contribution < 1.29 is 24.2 Å². The van der Waals surface area contributed by atoms with Crippen molar-refractivity contribution in [1.29, 1.82) is 0 Å². The fourth-order valence-corrected chi connectivity index (χ4v) is 3.41. The highest BCUT2D eigenvalue weighted by Gasteiger charge is 2.37. The number of amides is 2. The Bertz CT molecular complexity index is 686. The van der Waals surface area contributed by atoms with Crippen molar-refractivity contribution in [2.24, 2.45) is 5.92 Å². The Balaban J connectivity index is 1.49. The minimum atomic E-state index is -0.796. The monoisotopic (exact) mass is 377 g/mol. The number of ether oxygens (including phenoxy) is 2. The lowest BCUT2D eigenvalue weighted by molar-refractivity contribution is -0.139. The fraction of sp³-hybridized carbons (Fsp3) is 0.579. The summed E-state index contributed by atoms with van der Waals surface area (Å²) >= 11 is 0. The molecule has 0 aliphatic heterocycles. The molecule has 2 amide bonds. The van der Waals surface area contributed by atoms with Crippen LogP contribution < -0.4 is 20.1 Å². The van der Waals surface area contributed by atoms with Crippen LogP contribution in [0.3, 0.4) is 0 Å². The molecule has 8 heteroatoms. The molecule has 3 rings (SSSR count). The molecule has 0 spiro atoms. The largest absolute Gasteiger partial charge is 0.497 e. The van der Waals surface area contributed by atoms with Gasteiger partial charge in [-0.2, -0.15) is 0 Å². The van der Waals surface area contributed by atoms with Crippen LogP contribution in [0.4, 0.5) is 10.5 Å². The number of rotatable bonds is 9. The van der Waals surface area contributed by atoms with Gasteiger partial charge in [0.1, 0.15) is 11.5 Å². The van der Waals surface area contributed by atoms with Crippen LogP contribution in [0, 0.1) is 5.92 Å². The number of hydrogen-bond donors (Lipinski definition) is 3.